The molecular weight excluding hydrogens is 336 g/mol. The number of hydrogen-bond donors (Lipinski definition) is 1. The van der Waals surface area contributed by atoms with Crippen LogP contribution in [0.2, 0.25) is 0 Å². The first-order valence-electron chi connectivity index (χ1n) is 9.33. The molecule has 1 saturated heterocycles. The summed E-state index contributed by atoms with van der Waals surface area (Å²) in [7, 11) is 0. The molecule has 136 valence electrons. The second-order valence-electron chi connectivity index (χ2n) is 6.94. The fourth-order valence-electron chi connectivity index (χ4n) is 3.63. The first kappa shape index (κ1) is 17.3. The average Bonchev–Trinajstić information content (AvgIpc) is 3.10. The molecule has 0 saturated carbocycles. The number of rotatable bonds is 4. The second-order valence-corrected chi connectivity index (χ2v) is 6.94. The summed E-state index contributed by atoms with van der Waals surface area (Å²) in [4.78, 5) is 27.0. The van der Waals surface area contributed by atoms with E-state index in [1.165, 1.54) is 5.56 Å². The topological polar surface area (TPSA) is 49.4 Å². The van der Waals surface area contributed by atoms with Crippen molar-refractivity contribution in [3.63, 3.8) is 0 Å². The van der Waals surface area contributed by atoms with Crippen LogP contribution >= 0.6 is 0 Å². The number of hydrogen-bond acceptors (Lipinski definition) is 2. The highest BCUT2D eigenvalue weighted by Gasteiger charge is 2.35. The maximum absolute atomic E-state index is 12.7. The minimum Gasteiger partial charge on any atom is -0.326 e. The van der Waals surface area contributed by atoms with Gasteiger partial charge in [0.15, 0.2) is 0 Å². The number of aryl methyl sites for hydroxylation is 1. The molecular formula is C23H22N2O2. The number of nitrogens with zero attached hydrogens (tertiary/aromatic N) is 1. The van der Waals surface area contributed by atoms with Crippen LogP contribution in [-0.2, 0) is 16.0 Å². The van der Waals surface area contributed by atoms with Crippen molar-refractivity contribution in [2.75, 3.05) is 16.8 Å². The Balaban J connectivity index is 1.52. The van der Waals surface area contributed by atoms with Crippen LogP contribution in [-0.4, -0.2) is 18.4 Å². The zero-order chi connectivity index (χ0) is 18.8. The standard InChI is InChI=1S/C23H22N2O2/c1-2-16-10-12-19(13-11-16)24-23(27)18-14-22(26)25(15-18)21-9-5-7-17-6-3-4-8-20(17)21/h3-13,18H,2,14-15H2,1H3,(H,24,27)/t18-/m0/s1. The third-order valence-corrected chi connectivity index (χ3v) is 5.18. The molecule has 2 amide bonds. The third kappa shape index (κ3) is 3.43. The fraction of sp³-hybridized carbons (Fsp3) is 0.217. The molecule has 1 N–H and O–H groups in total. The normalized spacial score (nSPS) is 16.7. The molecule has 0 unspecified atom stereocenters. The van der Waals surface area contributed by atoms with Gasteiger partial charge in [0.05, 0.1) is 11.6 Å². The Kier molecular flexibility index (Phi) is 4.63. The molecule has 0 aliphatic carbocycles. The van der Waals surface area contributed by atoms with E-state index in [0.29, 0.717) is 6.54 Å². The van der Waals surface area contributed by atoms with E-state index in [-0.39, 0.29) is 24.2 Å². The van der Waals surface area contributed by atoms with E-state index < -0.39 is 0 Å². The van der Waals surface area contributed by atoms with Crippen LogP contribution in [0.5, 0.6) is 0 Å². The van der Waals surface area contributed by atoms with Gasteiger partial charge in [0.2, 0.25) is 11.8 Å². The van der Waals surface area contributed by atoms with E-state index in [1.54, 1.807) is 4.90 Å². The lowest BCUT2D eigenvalue weighted by molar-refractivity contribution is -0.122. The van der Waals surface area contributed by atoms with E-state index in [0.717, 1.165) is 28.6 Å². The lowest BCUT2D eigenvalue weighted by atomic mass is 10.1. The number of benzene rings is 3. The summed E-state index contributed by atoms with van der Waals surface area (Å²) >= 11 is 0. The van der Waals surface area contributed by atoms with Crippen LogP contribution in [0.1, 0.15) is 18.9 Å². The highest BCUT2D eigenvalue weighted by Crippen LogP contribution is 2.32. The number of carbonyl (C=O) groups excluding carboxylic acids is 2. The van der Waals surface area contributed by atoms with Crippen molar-refractivity contribution in [2.45, 2.75) is 19.8 Å². The Morgan fingerprint density at radius 1 is 1.04 bits per heavy atom. The summed E-state index contributed by atoms with van der Waals surface area (Å²) in [6, 6.07) is 21.8. The van der Waals surface area contributed by atoms with E-state index in [9.17, 15) is 9.59 Å². The molecule has 4 nitrogen and oxygen atoms in total. The smallest absolute Gasteiger partial charge is 0.229 e. The maximum Gasteiger partial charge on any atom is 0.229 e. The van der Waals surface area contributed by atoms with Crippen molar-refractivity contribution in [1.82, 2.24) is 0 Å². The molecule has 4 rings (SSSR count). The van der Waals surface area contributed by atoms with E-state index in [2.05, 4.69) is 12.2 Å². The molecule has 3 aromatic carbocycles. The van der Waals surface area contributed by atoms with Gasteiger partial charge in [-0.3, -0.25) is 9.59 Å². The minimum atomic E-state index is -0.345. The van der Waals surface area contributed by atoms with Gasteiger partial charge in [-0.25, -0.2) is 0 Å². The van der Waals surface area contributed by atoms with Crippen LogP contribution in [0.15, 0.2) is 66.7 Å². The van der Waals surface area contributed by atoms with Crippen molar-refractivity contribution in [2.24, 2.45) is 5.92 Å². The molecule has 1 aliphatic rings. The van der Waals surface area contributed by atoms with Gasteiger partial charge in [-0.2, -0.15) is 0 Å². The van der Waals surface area contributed by atoms with Gasteiger partial charge in [-0.15, -0.1) is 0 Å². The summed E-state index contributed by atoms with van der Waals surface area (Å²) in [5, 5.41) is 5.07. The Labute approximate surface area is 158 Å². The van der Waals surface area contributed by atoms with Crippen molar-refractivity contribution in [3.05, 3.63) is 72.3 Å². The van der Waals surface area contributed by atoms with Crippen LogP contribution in [0.4, 0.5) is 11.4 Å². The average molecular weight is 358 g/mol. The zero-order valence-corrected chi connectivity index (χ0v) is 15.3. The molecule has 4 heteroatoms. The molecule has 0 spiro atoms. The second kappa shape index (κ2) is 7.23. The van der Waals surface area contributed by atoms with Crippen molar-refractivity contribution < 1.29 is 9.59 Å². The first-order valence-corrected chi connectivity index (χ1v) is 9.33. The van der Waals surface area contributed by atoms with Gasteiger partial charge in [0.25, 0.3) is 0 Å². The van der Waals surface area contributed by atoms with Crippen molar-refractivity contribution in [3.8, 4) is 0 Å². The van der Waals surface area contributed by atoms with Crippen LogP contribution in [0, 0.1) is 5.92 Å². The minimum absolute atomic E-state index is 0.00664. The molecule has 0 radical (unpaired) electrons. The SMILES string of the molecule is CCc1ccc(NC(=O)[C@H]2CC(=O)N(c3cccc4ccccc34)C2)cc1. The van der Waals surface area contributed by atoms with Crippen LogP contribution in [0.25, 0.3) is 10.8 Å². The number of anilines is 2. The fourth-order valence-corrected chi connectivity index (χ4v) is 3.63. The quantitative estimate of drug-likeness (QED) is 0.752. The number of carbonyl (C=O) groups is 2. The molecule has 27 heavy (non-hydrogen) atoms. The van der Waals surface area contributed by atoms with E-state index in [1.807, 2.05) is 66.7 Å². The lowest BCUT2D eigenvalue weighted by Crippen LogP contribution is -2.28. The highest BCUT2D eigenvalue weighted by atomic mass is 16.2. The van der Waals surface area contributed by atoms with Gasteiger partial charge in [0, 0.05) is 24.0 Å². The van der Waals surface area contributed by atoms with Crippen molar-refractivity contribution >= 4 is 34.0 Å². The molecule has 0 aromatic heterocycles. The Morgan fingerprint density at radius 3 is 2.56 bits per heavy atom. The predicted octanol–water partition coefficient (Wildman–Crippen LogP) is 4.39. The van der Waals surface area contributed by atoms with Gasteiger partial charge >= 0.3 is 0 Å². The molecule has 1 aliphatic heterocycles. The maximum atomic E-state index is 12.7. The van der Waals surface area contributed by atoms with E-state index >= 15 is 0 Å². The molecule has 1 fully saturated rings. The molecule has 3 aromatic rings. The largest absolute Gasteiger partial charge is 0.326 e. The Bertz CT molecular complexity index is 989. The summed E-state index contributed by atoms with van der Waals surface area (Å²) in [6.07, 6.45) is 1.20. The lowest BCUT2D eigenvalue weighted by Gasteiger charge is -2.19. The number of amides is 2. The summed E-state index contributed by atoms with van der Waals surface area (Å²) in [5.74, 6) is -0.453. The van der Waals surface area contributed by atoms with Crippen LogP contribution in [0.3, 0.4) is 0 Å². The van der Waals surface area contributed by atoms with Gasteiger partial charge in [-0.05, 0) is 35.6 Å². The summed E-state index contributed by atoms with van der Waals surface area (Å²) in [6.45, 7) is 2.51. The summed E-state index contributed by atoms with van der Waals surface area (Å²) in [5.41, 5.74) is 2.88. The van der Waals surface area contributed by atoms with Gasteiger partial charge in [0.1, 0.15) is 0 Å². The monoisotopic (exact) mass is 358 g/mol. The predicted molar refractivity (Wildman–Crippen MR) is 109 cm³/mol. The number of nitrogens with one attached hydrogen (secondary N) is 1. The van der Waals surface area contributed by atoms with Gasteiger partial charge in [-0.1, -0.05) is 55.5 Å². The highest BCUT2D eigenvalue weighted by molar-refractivity contribution is 6.08. The summed E-state index contributed by atoms with van der Waals surface area (Å²) < 4.78 is 0. The molecule has 1 heterocycles. The third-order valence-electron chi connectivity index (χ3n) is 5.18. The van der Waals surface area contributed by atoms with Gasteiger partial charge < -0.3 is 10.2 Å². The number of fused-ring (bicyclic) bond motifs is 1. The Hall–Kier alpha value is -3.14. The molecule has 1 atom stereocenters. The Morgan fingerprint density at radius 2 is 1.78 bits per heavy atom. The van der Waals surface area contributed by atoms with E-state index in [4.69, 9.17) is 0 Å². The molecule has 0 bridgehead atoms. The first-order chi connectivity index (χ1) is 13.2. The van der Waals surface area contributed by atoms with Crippen LogP contribution < -0.4 is 10.2 Å². The zero-order valence-electron chi connectivity index (χ0n) is 15.3. The van der Waals surface area contributed by atoms with Crippen molar-refractivity contribution in [1.29, 1.82) is 0 Å².